The minimum Gasteiger partial charge on any atom is -0.385 e. The summed E-state index contributed by atoms with van der Waals surface area (Å²) < 4.78 is 4.97. The molecule has 1 aromatic heterocycles. The summed E-state index contributed by atoms with van der Waals surface area (Å²) in [5.41, 5.74) is 1.42. The maximum atomic E-state index is 9.30. The summed E-state index contributed by atoms with van der Waals surface area (Å²) in [6.45, 7) is 1.61. The van der Waals surface area contributed by atoms with E-state index in [1.165, 1.54) is 0 Å². The molecule has 0 fully saturated rings. The van der Waals surface area contributed by atoms with Crippen molar-refractivity contribution in [2.24, 2.45) is 0 Å². The fourth-order valence-electron chi connectivity index (χ4n) is 1.28. The molecule has 5 heteroatoms. The lowest BCUT2D eigenvalue weighted by molar-refractivity contribution is 0.158. The Bertz CT molecular complexity index is 508. The number of halogens is 2. The van der Waals surface area contributed by atoms with Crippen molar-refractivity contribution in [1.82, 2.24) is 5.16 Å². The number of hydrogen-bond acceptors (Lipinski definition) is 3. The molecule has 3 nitrogen and oxygen atoms in total. The average molecular weight is 258 g/mol. The molecule has 0 saturated carbocycles. The van der Waals surface area contributed by atoms with Crippen LogP contribution in [0.5, 0.6) is 0 Å². The first-order valence-corrected chi connectivity index (χ1v) is 5.43. The summed E-state index contributed by atoms with van der Waals surface area (Å²) in [6, 6.07) is 6.85. The second-order valence-electron chi connectivity index (χ2n) is 3.42. The molecular weight excluding hydrogens is 249 g/mol. The number of hydrogen-bond donors (Lipinski definition) is 1. The van der Waals surface area contributed by atoms with Crippen molar-refractivity contribution in [3.05, 3.63) is 40.1 Å². The summed E-state index contributed by atoms with van der Waals surface area (Å²) in [6.07, 6.45) is -0.677. The Kier molecular flexibility index (Phi) is 3.19. The Labute approximate surface area is 103 Å². The molecule has 0 aliphatic heterocycles. The summed E-state index contributed by atoms with van der Waals surface area (Å²) in [7, 11) is 0. The largest absolute Gasteiger partial charge is 0.385 e. The lowest BCUT2D eigenvalue weighted by Crippen LogP contribution is -1.85. The standard InChI is InChI=1S/C11H9Cl2NO2/c1-6(15)11-5-10(14-16-11)7-2-3-8(12)9(13)4-7/h2-6,15H,1H3/t6-/m0/s1. The highest BCUT2D eigenvalue weighted by molar-refractivity contribution is 6.42. The molecule has 2 rings (SSSR count). The van der Waals surface area contributed by atoms with Crippen LogP contribution in [0.25, 0.3) is 11.3 Å². The molecule has 0 radical (unpaired) electrons. The van der Waals surface area contributed by atoms with Crippen LogP contribution >= 0.6 is 23.2 Å². The molecule has 1 N–H and O–H groups in total. The summed E-state index contributed by atoms with van der Waals surface area (Å²) >= 11 is 11.7. The van der Waals surface area contributed by atoms with Crippen LogP contribution < -0.4 is 0 Å². The second kappa shape index (κ2) is 4.45. The smallest absolute Gasteiger partial charge is 0.165 e. The highest BCUT2D eigenvalue weighted by atomic mass is 35.5. The predicted octanol–water partition coefficient (Wildman–Crippen LogP) is 3.70. The van der Waals surface area contributed by atoms with Crippen molar-refractivity contribution < 1.29 is 9.63 Å². The van der Waals surface area contributed by atoms with Gasteiger partial charge in [0.2, 0.25) is 0 Å². The summed E-state index contributed by atoms with van der Waals surface area (Å²) in [5, 5.41) is 14.1. The molecule has 16 heavy (non-hydrogen) atoms. The molecule has 84 valence electrons. The molecule has 0 bridgehead atoms. The van der Waals surface area contributed by atoms with Crippen LogP contribution in [-0.2, 0) is 0 Å². The van der Waals surface area contributed by atoms with Gasteiger partial charge in [0.1, 0.15) is 11.8 Å². The summed E-state index contributed by atoms with van der Waals surface area (Å²) in [5.74, 6) is 0.418. The number of aliphatic hydroxyl groups is 1. The van der Waals surface area contributed by atoms with Crippen molar-refractivity contribution in [3.63, 3.8) is 0 Å². The predicted molar refractivity (Wildman–Crippen MR) is 62.6 cm³/mol. The van der Waals surface area contributed by atoms with E-state index < -0.39 is 6.10 Å². The Hall–Kier alpha value is -1.03. The highest BCUT2D eigenvalue weighted by Gasteiger charge is 2.11. The van der Waals surface area contributed by atoms with Crippen LogP contribution in [-0.4, -0.2) is 10.3 Å². The van der Waals surface area contributed by atoms with E-state index in [1.807, 2.05) is 0 Å². The molecule has 0 amide bonds. The third-order valence-corrected chi connectivity index (χ3v) is 2.89. The molecule has 0 unspecified atom stereocenters. The van der Waals surface area contributed by atoms with Gasteiger partial charge in [-0.3, -0.25) is 0 Å². The minimum atomic E-state index is -0.677. The lowest BCUT2D eigenvalue weighted by atomic mass is 10.1. The van der Waals surface area contributed by atoms with E-state index in [0.29, 0.717) is 21.5 Å². The first-order valence-electron chi connectivity index (χ1n) is 4.68. The number of aromatic nitrogens is 1. The molecule has 0 aliphatic rings. The number of benzene rings is 1. The van der Waals surface area contributed by atoms with Gasteiger partial charge in [0.15, 0.2) is 5.76 Å². The highest BCUT2D eigenvalue weighted by Crippen LogP contribution is 2.29. The summed E-state index contributed by atoms with van der Waals surface area (Å²) in [4.78, 5) is 0. The SMILES string of the molecule is C[C@H](O)c1cc(-c2ccc(Cl)c(Cl)c2)no1. The van der Waals surface area contributed by atoms with Crippen molar-refractivity contribution in [3.8, 4) is 11.3 Å². The normalized spacial score (nSPS) is 12.8. The molecular formula is C11H9Cl2NO2. The van der Waals surface area contributed by atoms with Crippen LogP contribution in [0.15, 0.2) is 28.8 Å². The fourth-order valence-corrected chi connectivity index (χ4v) is 1.58. The molecule has 1 atom stereocenters. The van der Waals surface area contributed by atoms with Gasteiger partial charge in [-0.05, 0) is 19.1 Å². The topological polar surface area (TPSA) is 46.3 Å². The van der Waals surface area contributed by atoms with E-state index in [9.17, 15) is 5.11 Å². The van der Waals surface area contributed by atoms with E-state index in [2.05, 4.69) is 5.16 Å². The zero-order chi connectivity index (χ0) is 11.7. The van der Waals surface area contributed by atoms with Crippen molar-refractivity contribution in [1.29, 1.82) is 0 Å². The van der Waals surface area contributed by atoms with Crippen molar-refractivity contribution in [2.45, 2.75) is 13.0 Å². The fraction of sp³-hybridized carbons (Fsp3) is 0.182. The molecule has 0 aliphatic carbocycles. The van der Waals surface area contributed by atoms with Gasteiger partial charge in [-0.15, -0.1) is 0 Å². The molecule has 0 saturated heterocycles. The van der Waals surface area contributed by atoms with Crippen LogP contribution in [0.1, 0.15) is 18.8 Å². The number of nitrogens with zero attached hydrogens (tertiary/aromatic N) is 1. The first kappa shape index (κ1) is 11.5. The van der Waals surface area contributed by atoms with E-state index in [-0.39, 0.29) is 0 Å². The van der Waals surface area contributed by atoms with Gasteiger partial charge >= 0.3 is 0 Å². The lowest BCUT2D eigenvalue weighted by Gasteiger charge is -1.98. The van der Waals surface area contributed by atoms with Gasteiger partial charge in [0.05, 0.1) is 10.0 Å². The van der Waals surface area contributed by atoms with Crippen LogP contribution in [0.2, 0.25) is 10.0 Å². The van der Waals surface area contributed by atoms with Crippen molar-refractivity contribution in [2.75, 3.05) is 0 Å². The Balaban J connectivity index is 2.39. The molecule has 0 spiro atoms. The molecule has 2 aromatic rings. The zero-order valence-electron chi connectivity index (χ0n) is 8.45. The maximum absolute atomic E-state index is 9.30. The Morgan fingerprint density at radius 3 is 2.56 bits per heavy atom. The third-order valence-electron chi connectivity index (χ3n) is 2.16. The average Bonchev–Trinajstić information content (AvgIpc) is 2.71. The van der Waals surface area contributed by atoms with E-state index in [4.69, 9.17) is 27.7 Å². The van der Waals surface area contributed by atoms with Crippen LogP contribution in [0.4, 0.5) is 0 Å². The molecule has 1 aromatic carbocycles. The van der Waals surface area contributed by atoms with Gasteiger partial charge < -0.3 is 9.63 Å². The number of aliphatic hydroxyl groups excluding tert-OH is 1. The zero-order valence-corrected chi connectivity index (χ0v) is 9.96. The molecule has 1 heterocycles. The first-order chi connectivity index (χ1) is 7.58. The number of rotatable bonds is 2. The Morgan fingerprint density at radius 2 is 2.00 bits per heavy atom. The van der Waals surface area contributed by atoms with Gasteiger partial charge in [0, 0.05) is 11.6 Å². The maximum Gasteiger partial charge on any atom is 0.165 e. The van der Waals surface area contributed by atoms with E-state index in [1.54, 1.807) is 31.2 Å². The third kappa shape index (κ3) is 2.21. The van der Waals surface area contributed by atoms with E-state index in [0.717, 1.165) is 5.56 Å². The van der Waals surface area contributed by atoms with Gasteiger partial charge in [-0.1, -0.05) is 34.4 Å². The van der Waals surface area contributed by atoms with Gasteiger partial charge in [0.25, 0.3) is 0 Å². The van der Waals surface area contributed by atoms with Crippen LogP contribution in [0.3, 0.4) is 0 Å². The van der Waals surface area contributed by atoms with Crippen molar-refractivity contribution >= 4 is 23.2 Å². The minimum absolute atomic E-state index is 0.418. The van der Waals surface area contributed by atoms with Gasteiger partial charge in [-0.2, -0.15) is 0 Å². The van der Waals surface area contributed by atoms with Gasteiger partial charge in [-0.25, -0.2) is 0 Å². The van der Waals surface area contributed by atoms with Crippen LogP contribution in [0, 0.1) is 0 Å². The Morgan fingerprint density at radius 1 is 1.25 bits per heavy atom. The monoisotopic (exact) mass is 257 g/mol. The van der Waals surface area contributed by atoms with E-state index >= 15 is 0 Å². The quantitative estimate of drug-likeness (QED) is 0.893. The second-order valence-corrected chi connectivity index (χ2v) is 4.23.